The Kier molecular flexibility index (Phi) is 5.63. The molecule has 2 heterocycles. The van der Waals surface area contributed by atoms with Crippen LogP contribution in [-0.2, 0) is 0 Å². The summed E-state index contributed by atoms with van der Waals surface area (Å²) in [5.74, 6) is -15.6. The Bertz CT molecular complexity index is 1160. The topological polar surface area (TPSA) is 64.3 Å². The molecule has 15 heteroatoms. The lowest BCUT2D eigenvalue weighted by Crippen LogP contribution is -2.55. The molecule has 6 nitrogen and oxygen atoms in total. The van der Waals surface area contributed by atoms with E-state index in [1.54, 1.807) is 5.32 Å². The minimum atomic E-state index is -6.55. The van der Waals surface area contributed by atoms with E-state index in [4.69, 9.17) is 4.74 Å². The first-order valence-electron chi connectivity index (χ1n) is 8.51. The highest BCUT2D eigenvalue weighted by Crippen LogP contribution is 2.47. The number of benzene rings is 1. The molecular formula is C17H12F9N5O. The lowest BCUT2D eigenvalue weighted by atomic mass is 10.0. The number of fused-ring (bicyclic) bond motifs is 1. The Morgan fingerprint density at radius 2 is 1.69 bits per heavy atom. The van der Waals surface area contributed by atoms with E-state index >= 15 is 0 Å². The van der Waals surface area contributed by atoms with Crippen LogP contribution in [-0.4, -0.2) is 51.3 Å². The van der Waals surface area contributed by atoms with Gasteiger partial charge in [-0.05, 0) is 24.6 Å². The predicted octanol–water partition coefficient (Wildman–Crippen LogP) is 4.63. The van der Waals surface area contributed by atoms with Crippen molar-refractivity contribution >= 4 is 11.6 Å². The van der Waals surface area contributed by atoms with Crippen LogP contribution in [0, 0.1) is 18.6 Å². The molecule has 3 rings (SSSR count). The van der Waals surface area contributed by atoms with Gasteiger partial charge in [0.15, 0.2) is 0 Å². The number of alkyl halides is 7. The van der Waals surface area contributed by atoms with Gasteiger partial charge in [-0.1, -0.05) is 0 Å². The SMILES string of the molecule is COc1nc2ncnn2c(NCC(F)(F)C(F)(F)C(F)(F)F)c1-c1cc(F)c(C)cc1F. The summed E-state index contributed by atoms with van der Waals surface area (Å²) in [7, 11) is 1.03. The first-order valence-corrected chi connectivity index (χ1v) is 8.51. The zero-order chi connectivity index (χ0) is 24.1. The van der Waals surface area contributed by atoms with Crippen LogP contribution in [0.2, 0.25) is 0 Å². The van der Waals surface area contributed by atoms with Crippen molar-refractivity contribution in [3.8, 4) is 17.0 Å². The first-order chi connectivity index (χ1) is 14.7. The van der Waals surface area contributed by atoms with Gasteiger partial charge >= 0.3 is 18.0 Å². The molecule has 0 spiro atoms. The molecule has 0 aliphatic heterocycles. The Morgan fingerprint density at radius 1 is 1.03 bits per heavy atom. The number of hydrogen-bond acceptors (Lipinski definition) is 5. The Balaban J connectivity index is 2.20. The Labute approximate surface area is 173 Å². The molecule has 0 unspecified atom stereocenters. The summed E-state index contributed by atoms with van der Waals surface area (Å²) in [6, 6.07) is 1.41. The van der Waals surface area contributed by atoms with Crippen LogP contribution in [0.5, 0.6) is 5.88 Å². The van der Waals surface area contributed by atoms with Gasteiger partial charge in [-0.15, -0.1) is 0 Å². The molecule has 0 amide bonds. The molecule has 0 saturated heterocycles. The second-order valence-electron chi connectivity index (χ2n) is 6.53. The smallest absolute Gasteiger partial charge is 0.459 e. The molecule has 32 heavy (non-hydrogen) atoms. The first kappa shape index (κ1) is 23.4. The zero-order valence-corrected chi connectivity index (χ0v) is 16.0. The highest BCUT2D eigenvalue weighted by molar-refractivity contribution is 5.82. The standard InChI is InChI=1S/C17H12F9N5O/c1-7-3-10(19)8(4-9(7)18)11-12(31-14(28-6-29-31)30-13(11)32-2)27-5-15(20,21)16(22,23)17(24,25)26/h3-4,6,27H,5H2,1-2H3. The summed E-state index contributed by atoms with van der Waals surface area (Å²) in [6.07, 6.45) is -5.70. The van der Waals surface area contributed by atoms with E-state index in [9.17, 15) is 39.5 Å². The summed E-state index contributed by atoms with van der Waals surface area (Å²) in [5, 5.41) is 5.33. The number of anilines is 1. The van der Waals surface area contributed by atoms with Crippen LogP contribution in [0.3, 0.4) is 0 Å². The number of methoxy groups -OCH3 is 1. The monoisotopic (exact) mass is 473 g/mol. The third-order valence-electron chi connectivity index (χ3n) is 4.40. The van der Waals surface area contributed by atoms with Crippen LogP contribution in [0.15, 0.2) is 18.5 Å². The Hall–Kier alpha value is -3.26. The fourth-order valence-electron chi connectivity index (χ4n) is 2.73. The summed E-state index contributed by atoms with van der Waals surface area (Å²) in [5.41, 5.74) is -1.29. The second kappa shape index (κ2) is 7.70. The summed E-state index contributed by atoms with van der Waals surface area (Å²) in [6.45, 7) is -1.03. The molecule has 2 aromatic heterocycles. The Morgan fingerprint density at radius 3 is 2.28 bits per heavy atom. The van der Waals surface area contributed by atoms with Gasteiger partial charge in [0, 0.05) is 5.56 Å². The lowest BCUT2D eigenvalue weighted by Gasteiger charge is -2.29. The van der Waals surface area contributed by atoms with E-state index in [1.165, 1.54) is 6.92 Å². The maximum Gasteiger partial charge on any atom is 0.459 e. The zero-order valence-electron chi connectivity index (χ0n) is 16.0. The predicted molar refractivity (Wildman–Crippen MR) is 91.9 cm³/mol. The number of nitrogens with one attached hydrogen (secondary N) is 1. The molecule has 0 bridgehead atoms. The van der Waals surface area contributed by atoms with Gasteiger partial charge < -0.3 is 10.1 Å². The molecule has 174 valence electrons. The van der Waals surface area contributed by atoms with Gasteiger partial charge in [-0.3, -0.25) is 0 Å². The van der Waals surface area contributed by atoms with Crippen molar-refractivity contribution in [2.24, 2.45) is 0 Å². The number of hydrogen-bond donors (Lipinski definition) is 1. The van der Waals surface area contributed by atoms with Gasteiger partial charge in [-0.2, -0.15) is 50.3 Å². The van der Waals surface area contributed by atoms with Crippen molar-refractivity contribution < 1.29 is 44.3 Å². The van der Waals surface area contributed by atoms with E-state index in [0.717, 1.165) is 19.5 Å². The summed E-state index contributed by atoms with van der Waals surface area (Å²) < 4.78 is 126. The quantitative estimate of drug-likeness (QED) is 0.529. The molecule has 0 aliphatic rings. The van der Waals surface area contributed by atoms with E-state index < -0.39 is 59.0 Å². The highest BCUT2D eigenvalue weighted by Gasteiger charge is 2.72. The molecule has 0 fully saturated rings. The van der Waals surface area contributed by atoms with Crippen molar-refractivity contribution in [1.29, 1.82) is 0 Å². The van der Waals surface area contributed by atoms with Gasteiger partial charge in [0.2, 0.25) is 5.88 Å². The van der Waals surface area contributed by atoms with Crippen molar-refractivity contribution in [3.63, 3.8) is 0 Å². The fourth-order valence-corrected chi connectivity index (χ4v) is 2.73. The van der Waals surface area contributed by atoms with Gasteiger partial charge in [0.25, 0.3) is 5.78 Å². The van der Waals surface area contributed by atoms with Crippen molar-refractivity contribution in [3.05, 3.63) is 35.7 Å². The van der Waals surface area contributed by atoms with Crippen LogP contribution in [0.4, 0.5) is 45.3 Å². The van der Waals surface area contributed by atoms with E-state index in [2.05, 4.69) is 15.1 Å². The van der Waals surface area contributed by atoms with E-state index in [1.807, 2.05) is 0 Å². The van der Waals surface area contributed by atoms with Crippen LogP contribution in [0.25, 0.3) is 16.9 Å². The molecular weight excluding hydrogens is 461 g/mol. The van der Waals surface area contributed by atoms with Crippen molar-refractivity contribution in [2.45, 2.75) is 24.9 Å². The molecule has 0 radical (unpaired) electrons. The molecule has 0 aliphatic carbocycles. The fraction of sp³-hybridized carbons (Fsp3) is 0.353. The maximum atomic E-state index is 14.6. The van der Waals surface area contributed by atoms with E-state index in [0.29, 0.717) is 10.6 Å². The van der Waals surface area contributed by atoms with Crippen molar-refractivity contribution in [1.82, 2.24) is 19.6 Å². The molecule has 3 aromatic rings. The number of halogens is 9. The average Bonchev–Trinajstić information content (AvgIpc) is 3.15. The minimum absolute atomic E-state index is 0.120. The number of ether oxygens (including phenoxy) is 1. The summed E-state index contributed by atoms with van der Waals surface area (Å²) >= 11 is 0. The molecule has 1 aromatic carbocycles. The third-order valence-corrected chi connectivity index (χ3v) is 4.40. The number of aromatic nitrogens is 4. The summed E-state index contributed by atoms with van der Waals surface area (Å²) in [4.78, 5) is 7.49. The molecule has 0 saturated carbocycles. The van der Waals surface area contributed by atoms with Gasteiger partial charge in [0.05, 0.1) is 19.2 Å². The lowest BCUT2D eigenvalue weighted by molar-refractivity contribution is -0.350. The normalized spacial score (nSPS) is 13.0. The number of aryl methyl sites for hydroxylation is 1. The highest BCUT2D eigenvalue weighted by atomic mass is 19.4. The van der Waals surface area contributed by atoms with Crippen molar-refractivity contribution in [2.75, 3.05) is 19.0 Å². The third kappa shape index (κ3) is 3.75. The number of nitrogens with zero attached hydrogens (tertiary/aromatic N) is 4. The number of rotatable bonds is 6. The minimum Gasteiger partial charge on any atom is -0.480 e. The van der Waals surface area contributed by atoms with Crippen LogP contribution < -0.4 is 10.1 Å². The molecule has 0 atom stereocenters. The van der Waals surface area contributed by atoms with Crippen LogP contribution >= 0.6 is 0 Å². The second-order valence-corrected chi connectivity index (χ2v) is 6.53. The maximum absolute atomic E-state index is 14.6. The average molecular weight is 473 g/mol. The molecule has 1 N–H and O–H groups in total. The van der Waals surface area contributed by atoms with Crippen LogP contribution in [0.1, 0.15) is 5.56 Å². The van der Waals surface area contributed by atoms with E-state index in [-0.39, 0.29) is 11.3 Å². The van der Waals surface area contributed by atoms with Gasteiger partial charge in [-0.25, -0.2) is 8.78 Å². The largest absolute Gasteiger partial charge is 0.480 e. The van der Waals surface area contributed by atoms with Gasteiger partial charge in [0.1, 0.15) is 23.8 Å².